The molecule has 208 valence electrons. The summed E-state index contributed by atoms with van der Waals surface area (Å²) in [6.07, 6.45) is 0. The number of hydrogen-bond donors (Lipinski definition) is 1. The van der Waals surface area contributed by atoms with Gasteiger partial charge in [-0.25, -0.2) is 12.8 Å². The van der Waals surface area contributed by atoms with Gasteiger partial charge >= 0.3 is 0 Å². The van der Waals surface area contributed by atoms with Crippen LogP contribution in [0.3, 0.4) is 0 Å². The van der Waals surface area contributed by atoms with Gasteiger partial charge in [0.25, 0.3) is 10.0 Å². The van der Waals surface area contributed by atoms with E-state index in [2.05, 4.69) is 5.32 Å². The van der Waals surface area contributed by atoms with Crippen LogP contribution < -0.4 is 9.62 Å². The molecule has 0 aliphatic heterocycles. The molecule has 0 aliphatic carbocycles. The van der Waals surface area contributed by atoms with Crippen LogP contribution in [-0.4, -0.2) is 44.3 Å². The molecule has 0 fully saturated rings. The minimum atomic E-state index is -4.30. The van der Waals surface area contributed by atoms with E-state index in [4.69, 9.17) is 23.2 Å². The lowest BCUT2D eigenvalue weighted by atomic mass is 10.1. The molecule has 2 amide bonds. The Labute approximate surface area is 238 Å². The van der Waals surface area contributed by atoms with Crippen LogP contribution in [0.2, 0.25) is 10.0 Å². The van der Waals surface area contributed by atoms with Crippen molar-refractivity contribution in [2.24, 2.45) is 5.92 Å². The molecule has 0 spiro atoms. The molecule has 3 aromatic carbocycles. The average Bonchev–Trinajstić information content (AvgIpc) is 2.91. The van der Waals surface area contributed by atoms with Crippen LogP contribution in [0.25, 0.3) is 0 Å². The van der Waals surface area contributed by atoms with Crippen LogP contribution in [-0.2, 0) is 26.2 Å². The minimum absolute atomic E-state index is 0.0101. The summed E-state index contributed by atoms with van der Waals surface area (Å²) >= 11 is 12.6. The van der Waals surface area contributed by atoms with Gasteiger partial charge < -0.3 is 10.2 Å². The van der Waals surface area contributed by atoms with E-state index in [1.807, 2.05) is 13.8 Å². The summed E-state index contributed by atoms with van der Waals surface area (Å²) in [5.41, 5.74) is 0.164. The second kappa shape index (κ2) is 13.3. The van der Waals surface area contributed by atoms with Crippen LogP contribution in [0.5, 0.6) is 0 Å². The summed E-state index contributed by atoms with van der Waals surface area (Å²) < 4.78 is 43.0. The molecular weight excluding hydrogens is 564 g/mol. The molecule has 3 rings (SSSR count). The highest BCUT2D eigenvalue weighted by molar-refractivity contribution is 7.92. The largest absolute Gasteiger partial charge is 0.354 e. The lowest BCUT2D eigenvalue weighted by Crippen LogP contribution is -2.51. The number of carbonyl (C=O) groups is 2. The third-order valence-electron chi connectivity index (χ3n) is 5.96. The zero-order chi connectivity index (χ0) is 28.7. The van der Waals surface area contributed by atoms with Crippen molar-refractivity contribution in [1.29, 1.82) is 0 Å². The summed E-state index contributed by atoms with van der Waals surface area (Å²) in [4.78, 5) is 27.9. The van der Waals surface area contributed by atoms with Gasteiger partial charge in [-0.1, -0.05) is 79.5 Å². The van der Waals surface area contributed by atoms with Crippen molar-refractivity contribution in [3.8, 4) is 0 Å². The topological polar surface area (TPSA) is 86.8 Å². The predicted octanol–water partition coefficient (Wildman–Crippen LogP) is 5.52. The third kappa shape index (κ3) is 7.50. The third-order valence-corrected chi connectivity index (χ3v) is 8.54. The fraction of sp³-hybridized carbons (Fsp3) is 0.286. The highest BCUT2D eigenvalue weighted by Crippen LogP contribution is 2.35. The van der Waals surface area contributed by atoms with E-state index in [1.165, 1.54) is 55.5 Å². The number of nitrogens with zero attached hydrogens (tertiary/aromatic N) is 2. The molecule has 0 aromatic heterocycles. The standard InChI is InChI=1S/C28H30Cl2FN3O4S/c1-19(2)16-32-28(36)20(3)33(17-21-10-7-8-14-24(21)31)26(35)18-34(25-15-9-13-23(29)27(25)30)39(37,38)22-11-5-4-6-12-22/h4-15,19-20H,16-18H2,1-3H3,(H,32,36). The molecule has 3 aromatic rings. The molecule has 0 saturated heterocycles. The van der Waals surface area contributed by atoms with Gasteiger partial charge in [0.15, 0.2) is 0 Å². The maximum Gasteiger partial charge on any atom is 0.264 e. The minimum Gasteiger partial charge on any atom is -0.354 e. The average molecular weight is 595 g/mol. The number of hydrogen-bond acceptors (Lipinski definition) is 4. The molecule has 1 unspecified atom stereocenters. The van der Waals surface area contributed by atoms with Crippen molar-refractivity contribution in [3.63, 3.8) is 0 Å². The zero-order valence-electron chi connectivity index (χ0n) is 21.8. The molecule has 0 heterocycles. The van der Waals surface area contributed by atoms with Gasteiger partial charge in [0.2, 0.25) is 11.8 Å². The molecule has 1 N–H and O–H groups in total. The molecular formula is C28H30Cl2FN3O4S. The van der Waals surface area contributed by atoms with E-state index in [-0.39, 0.29) is 38.7 Å². The van der Waals surface area contributed by atoms with Gasteiger partial charge in [0.1, 0.15) is 18.4 Å². The number of benzene rings is 3. The first-order valence-corrected chi connectivity index (χ1v) is 14.5. The number of carbonyl (C=O) groups excluding carboxylic acids is 2. The number of halogens is 3. The SMILES string of the molecule is CC(C)CNC(=O)C(C)N(Cc1ccccc1F)C(=O)CN(c1cccc(Cl)c1Cl)S(=O)(=O)c1ccccc1. The fourth-order valence-corrected chi connectivity index (χ4v) is 5.66. The van der Waals surface area contributed by atoms with E-state index in [9.17, 15) is 22.4 Å². The van der Waals surface area contributed by atoms with Crippen LogP contribution >= 0.6 is 23.2 Å². The van der Waals surface area contributed by atoms with Gasteiger partial charge in [-0.2, -0.15) is 0 Å². The predicted molar refractivity (Wildman–Crippen MR) is 152 cm³/mol. The Balaban J connectivity index is 2.05. The van der Waals surface area contributed by atoms with E-state index in [0.29, 0.717) is 6.54 Å². The van der Waals surface area contributed by atoms with Crippen molar-refractivity contribution in [2.75, 3.05) is 17.4 Å². The van der Waals surface area contributed by atoms with Crippen LogP contribution in [0, 0.1) is 11.7 Å². The summed E-state index contributed by atoms with van der Waals surface area (Å²) in [6.45, 7) is 4.76. The molecule has 1 atom stereocenters. The monoisotopic (exact) mass is 593 g/mol. The van der Waals surface area contributed by atoms with Crippen molar-refractivity contribution in [2.45, 2.75) is 38.3 Å². The molecule has 0 radical (unpaired) electrons. The molecule has 39 heavy (non-hydrogen) atoms. The Morgan fingerprint density at radius 3 is 2.21 bits per heavy atom. The fourth-order valence-electron chi connectivity index (χ4n) is 3.76. The van der Waals surface area contributed by atoms with Gasteiger partial charge in [0, 0.05) is 18.7 Å². The number of amides is 2. The Morgan fingerprint density at radius 2 is 1.56 bits per heavy atom. The maximum atomic E-state index is 14.6. The second-order valence-corrected chi connectivity index (χ2v) is 12.0. The number of nitrogens with one attached hydrogen (secondary N) is 1. The quantitative estimate of drug-likeness (QED) is 0.317. The molecule has 0 aliphatic rings. The number of sulfonamides is 1. The molecule has 11 heteroatoms. The van der Waals surface area contributed by atoms with Crippen molar-refractivity contribution in [3.05, 3.63) is 94.2 Å². The lowest BCUT2D eigenvalue weighted by molar-refractivity contribution is -0.139. The van der Waals surface area contributed by atoms with E-state index < -0.39 is 40.2 Å². The van der Waals surface area contributed by atoms with Crippen molar-refractivity contribution < 1.29 is 22.4 Å². The lowest BCUT2D eigenvalue weighted by Gasteiger charge is -2.32. The first-order valence-electron chi connectivity index (χ1n) is 12.3. The van der Waals surface area contributed by atoms with E-state index >= 15 is 0 Å². The Bertz CT molecular complexity index is 1420. The Hall–Kier alpha value is -3.14. The Kier molecular flexibility index (Phi) is 10.4. The smallest absolute Gasteiger partial charge is 0.264 e. The highest BCUT2D eigenvalue weighted by atomic mass is 35.5. The van der Waals surface area contributed by atoms with Crippen LogP contribution in [0.4, 0.5) is 10.1 Å². The number of rotatable bonds is 11. The maximum absolute atomic E-state index is 14.6. The summed E-state index contributed by atoms with van der Waals surface area (Å²) in [5.74, 6) is -1.59. The van der Waals surface area contributed by atoms with Crippen molar-refractivity contribution >= 4 is 50.7 Å². The summed E-state index contributed by atoms with van der Waals surface area (Å²) in [5, 5.41) is 2.81. The summed E-state index contributed by atoms with van der Waals surface area (Å²) in [6, 6.07) is 16.8. The Morgan fingerprint density at radius 1 is 0.923 bits per heavy atom. The normalized spacial score (nSPS) is 12.2. The first kappa shape index (κ1) is 30.4. The molecule has 0 bridgehead atoms. The molecule has 0 saturated carbocycles. The highest BCUT2D eigenvalue weighted by Gasteiger charge is 2.34. The van der Waals surface area contributed by atoms with Gasteiger partial charge in [0.05, 0.1) is 20.6 Å². The zero-order valence-corrected chi connectivity index (χ0v) is 24.1. The van der Waals surface area contributed by atoms with E-state index in [1.54, 1.807) is 24.3 Å². The molecule has 7 nitrogen and oxygen atoms in total. The van der Waals surface area contributed by atoms with Crippen LogP contribution in [0.1, 0.15) is 26.3 Å². The van der Waals surface area contributed by atoms with Crippen LogP contribution in [0.15, 0.2) is 77.7 Å². The first-order chi connectivity index (χ1) is 18.4. The van der Waals surface area contributed by atoms with Gasteiger partial charge in [-0.3, -0.25) is 13.9 Å². The van der Waals surface area contributed by atoms with Gasteiger partial charge in [-0.05, 0) is 43.2 Å². The van der Waals surface area contributed by atoms with Crippen molar-refractivity contribution in [1.82, 2.24) is 10.2 Å². The van der Waals surface area contributed by atoms with E-state index in [0.717, 1.165) is 9.21 Å². The summed E-state index contributed by atoms with van der Waals surface area (Å²) in [7, 11) is -4.30. The number of anilines is 1. The second-order valence-electron chi connectivity index (χ2n) is 9.33. The van der Waals surface area contributed by atoms with Gasteiger partial charge in [-0.15, -0.1) is 0 Å².